The molecule has 1 aliphatic carbocycles. The molecule has 1 aromatic heterocycles. The number of hydrogen-bond acceptors (Lipinski definition) is 2. The highest BCUT2D eigenvalue weighted by molar-refractivity contribution is 9.10. The van der Waals surface area contributed by atoms with Crippen LogP contribution in [0.4, 0.5) is 0 Å². The van der Waals surface area contributed by atoms with Crippen LogP contribution in [0.25, 0.3) is 11.1 Å². The fraction of sp³-hybridized carbons (Fsp3) is 0.462. The summed E-state index contributed by atoms with van der Waals surface area (Å²) in [4.78, 5) is 4.58. The van der Waals surface area contributed by atoms with Gasteiger partial charge in [0, 0.05) is 16.0 Å². The van der Waals surface area contributed by atoms with E-state index in [0.717, 1.165) is 21.5 Å². The van der Waals surface area contributed by atoms with E-state index in [1.807, 2.05) is 6.07 Å². The predicted octanol–water partition coefficient (Wildman–Crippen LogP) is 4.59. The van der Waals surface area contributed by atoms with Gasteiger partial charge < -0.3 is 4.42 Å². The van der Waals surface area contributed by atoms with E-state index in [2.05, 4.69) is 40.8 Å². The van der Waals surface area contributed by atoms with Gasteiger partial charge in [0.25, 0.3) is 0 Å². The van der Waals surface area contributed by atoms with Gasteiger partial charge in [-0.05, 0) is 30.9 Å². The lowest BCUT2D eigenvalue weighted by Gasteiger charge is -2.05. The number of benzene rings is 1. The average molecular weight is 280 g/mol. The minimum atomic E-state index is 0.458. The summed E-state index contributed by atoms with van der Waals surface area (Å²) in [6.07, 6.45) is 2.45. The molecule has 0 saturated heterocycles. The summed E-state index contributed by atoms with van der Waals surface area (Å²) in [5.41, 5.74) is 3.20. The minimum Gasteiger partial charge on any atom is -0.440 e. The third kappa shape index (κ3) is 1.67. The van der Waals surface area contributed by atoms with E-state index in [-0.39, 0.29) is 0 Å². The van der Waals surface area contributed by atoms with Crippen molar-refractivity contribution < 1.29 is 4.42 Å². The zero-order valence-electron chi connectivity index (χ0n) is 9.46. The molecule has 0 atom stereocenters. The molecule has 0 radical (unpaired) electrons. The Bertz CT molecular complexity index is 540. The van der Waals surface area contributed by atoms with Gasteiger partial charge in [-0.15, -0.1) is 0 Å². The molecule has 0 unspecified atom stereocenters. The van der Waals surface area contributed by atoms with Crippen molar-refractivity contribution in [3.63, 3.8) is 0 Å². The van der Waals surface area contributed by atoms with E-state index >= 15 is 0 Å². The molecule has 1 aliphatic rings. The summed E-state index contributed by atoms with van der Waals surface area (Å²) in [6, 6.07) is 4.17. The Balaban J connectivity index is 2.23. The smallest absolute Gasteiger partial charge is 0.198 e. The molecule has 0 amide bonds. The number of halogens is 1. The van der Waals surface area contributed by atoms with E-state index in [9.17, 15) is 0 Å². The second-order valence-electron chi connectivity index (χ2n) is 4.82. The van der Waals surface area contributed by atoms with E-state index in [1.165, 1.54) is 18.4 Å². The number of fused-ring (bicyclic) bond motifs is 1. The van der Waals surface area contributed by atoms with Crippen LogP contribution in [0.3, 0.4) is 0 Å². The van der Waals surface area contributed by atoms with E-state index in [0.29, 0.717) is 11.8 Å². The molecule has 84 valence electrons. The Morgan fingerprint density at radius 2 is 2.12 bits per heavy atom. The zero-order valence-corrected chi connectivity index (χ0v) is 11.0. The summed E-state index contributed by atoms with van der Waals surface area (Å²) in [7, 11) is 0. The van der Waals surface area contributed by atoms with E-state index < -0.39 is 0 Å². The zero-order chi connectivity index (χ0) is 11.3. The molecule has 0 N–H and O–H groups in total. The molecule has 2 nitrogen and oxygen atoms in total. The maximum absolute atomic E-state index is 5.91. The molecule has 0 spiro atoms. The number of rotatable bonds is 2. The lowest BCUT2D eigenvalue weighted by Crippen LogP contribution is -1.87. The molecule has 3 rings (SSSR count). The van der Waals surface area contributed by atoms with Crippen LogP contribution in [-0.2, 0) is 0 Å². The van der Waals surface area contributed by atoms with Crippen molar-refractivity contribution in [1.29, 1.82) is 0 Å². The van der Waals surface area contributed by atoms with Crippen molar-refractivity contribution >= 4 is 27.0 Å². The molecule has 1 saturated carbocycles. The second kappa shape index (κ2) is 3.59. The number of hydrogen-bond donors (Lipinski definition) is 0. The van der Waals surface area contributed by atoms with Crippen LogP contribution in [0.1, 0.15) is 50.0 Å². The van der Waals surface area contributed by atoms with Gasteiger partial charge in [-0.2, -0.15) is 0 Å². The van der Waals surface area contributed by atoms with Gasteiger partial charge in [0.15, 0.2) is 11.5 Å². The third-order valence-electron chi connectivity index (χ3n) is 3.05. The van der Waals surface area contributed by atoms with Crippen molar-refractivity contribution in [3.05, 3.63) is 28.1 Å². The number of aromatic nitrogens is 1. The molecule has 16 heavy (non-hydrogen) atoms. The molecule has 0 aliphatic heterocycles. The number of nitrogens with zero attached hydrogens (tertiary/aromatic N) is 1. The van der Waals surface area contributed by atoms with Crippen LogP contribution >= 0.6 is 15.9 Å². The van der Waals surface area contributed by atoms with Gasteiger partial charge in [-0.1, -0.05) is 29.8 Å². The maximum Gasteiger partial charge on any atom is 0.198 e. The Morgan fingerprint density at radius 3 is 2.75 bits per heavy atom. The average Bonchev–Trinajstić information content (AvgIpc) is 2.98. The molecular formula is C13H14BrNO. The normalized spacial score (nSPS) is 16.2. The molecule has 3 heteroatoms. The van der Waals surface area contributed by atoms with Crippen molar-refractivity contribution in [1.82, 2.24) is 4.98 Å². The molecule has 1 fully saturated rings. The summed E-state index contributed by atoms with van der Waals surface area (Å²) < 4.78 is 6.99. The summed E-state index contributed by atoms with van der Waals surface area (Å²) in [5.74, 6) is 1.96. The highest BCUT2D eigenvalue weighted by Gasteiger charge is 2.29. The fourth-order valence-electron chi connectivity index (χ4n) is 1.97. The molecule has 2 aromatic rings. The number of oxazole rings is 1. The highest BCUT2D eigenvalue weighted by atomic mass is 79.9. The third-order valence-corrected chi connectivity index (χ3v) is 3.51. The first kappa shape index (κ1) is 10.3. The van der Waals surface area contributed by atoms with Crippen LogP contribution in [-0.4, -0.2) is 4.98 Å². The second-order valence-corrected chi connectivity index (χ2v) is 5.74. The lowest BCUT2D eigenvalue weighted by molar-refractivity contribution is 0.528. The maximum atomic E-state index is 5.91. The van der Waals surface area contributed by atoms with Gasteiger partial charge in [0.2, 0.25) is 0 Å². The van der Waals surface area contributed by atoms with Crippen molar-refractivity contribution in [2.75, 3.05) is 0 Å². The van der Waals surface area contributed by atoms with Crippen molar-refractivity contribution in [2.45, 2.75) is 38.5 Å². The Morgan fingerprint density at radius 1 is 1.38 bits per heavy atom. The lowest BCUT2D eigenvalue weighted by atomic mass is 10.0. The fourth-order valence-corrected chi connectivity index (χ4v) is 2.44. The first-order valence-electron chi connectivity index (χ1n) is 5.75. The van der Waals surface area contributed by atoms with Crippen LogP contribution < -0.4 is 0 Å². The van der Waals surface area contributed by atoms with Gasteiger partial charge in [-0.3, -0.25) is 0 Å². The highest BCUT2D eigenvalue weighted by Crippen LogP contribution is 2.41. The Hall–Kier alpha value is -0.830. The van der Waals surface area contributed by atoms with Crippen LogP contribution in [0.5, 0.6) is 0 Å². The predicted molar refractivity (Wildman–Crippen MR) is 67.8 cm³/mol. The van der Waals surface area contributed by atoms with Crippen LogP contribution in [0.2, 0.25) is 0 Å². The standard InChI is InChI=1S/C13H14BrNO/c1-7(2)10-5-9(14)6-11-12(10)16-13(15-11)8-3-4-8/h5-8H,3-4H2,1-2H3. The Kier molecular flexibility index (Phi) is 2.32. The molecule has 1 heterocycles. The Labute approximate surface area is 103 Å². The van der Waals surface area contributed by atoms with Gasteiger partial charge in [-0.25, -0.2) is 4.98 Å². The molecular weight excluding hydrogens is 266 g/mol. The quantitative estimate of drug-likeness (QED) is 0.804. The summed E-state index contributed by atoms with van der Waals surface area (Å²) in [6.45, 7) is 4.36. The van der Waals surface area contributed by atoms with Crippen LogP contribution in [0, 0.1) is 0 Å². The largest absolute Gasteiger partial charge is 0.440 e. The molecule has 1 aromatic carbocycles. The minimum absolute atomic E-state index is 0.458. The SMILES string of the molecule is CC(C)c1cc(Br)cc2nc(C3CC3)oc12. The monoisotopic (exact) mass is 279 g/mol. The molecule has 0 bridgehead atoms. The van der Waals surface area contributed by atoms with Crippen molar-refractivity contribution in [2.24, 2.45) is 0 Å². The van der Waals surface area contributed by atoms with E-state index in [1.54, 1.807) is 0 Å². The van der Waals surface area contributed by atoms with Crippen molar-refractivity contribution in [3.8, 4) is 0 Å². The first-order valence-corrected chi connectivity index (χ1v) is 6.54. The summed E-state index contributed by atoms with van der Waals surface area (Å²) in [5, 5.41) is 0. The van der Waals surface area contributed by atoms with Gasteiger partial charge >= 0.3 is 0 Å². The first-order chi connectivity index (χ1) is 7.65. The van der Waals surface area contributed by atoms with Gasteiger partial charge in [0.1, 0.15) is 5.52 Å². The van der Waals surface area contributed by atoms with Gasteiger partial charge in [0.05, 0.1) is 0 Å². The van der Waals surface area contributed by atoms with E-state index in [4.69, 9.17) is 4.42 Å². The summed E-state index contributed by atoms with van der Waals surface area (Å²) >= 11 is 3.53. The topological polar surface area (TPSA) is 26.0 Å². The van der Waals surface area contributed by atoms with Crippen LogP contribution in [0.15, 0.2) is 21.0 Å².